The van der Waals surface area contributed by atoms with Crippen LogP contribution in [-0.2, 0) is 16.6 Å². The quantitative estimate of drug-likeness (QED) is 0.706. The number of hydrogen-bond acceptors (Lipinski definition) is 6. The van der Waals surface area contributed by atoms with Crippen molar-refractivity contribution in [3.63, 3.8) is 0 Å². The summed E-state index contributed by atoms with van der Waals surface area (Å²) in [6, 6.07) is 4.45. The van der Waals surface area contributed by atoms with Gasteiger partial charge in [-0.2, -0.15) is 8.78 Å². The predicted octanol–water partition coefficient (Wildman–Crippen LogP) is 2.34. The molecule has 1 aromatic carbocycles. The minimum Gasteiger partial charge on any atom is -0.464 e. The Morgan fingerprint density at radius 3 is 2.62 bits per heavy atom. The van der Waals surface area contributed by atoms with Gasteiger partial charge in [0.1, 0.15) is 5.75 Å². The molecule has 1 N–H and O–H groups in total. The lowest BCUT2D eigenvalue weighted by molar-refractivity contribution is -0.0499. The molecule has 2 rings (SSSR count). The van der Waals surface area contributed by atoms with Crippen molar-refractivity contribution in [2.45, 2.75) is 44.9 Å². The summed E-state index contributed by atoms with van der Waals surface area (Å²) in [4.78, 5) is -0.199. The van der Waals surface area contributed by atoms with Gasteiger partial charge in [-0.3, -0.25) is 4.57 Å². The number of nitrogens with zero attached hydrogens (tertiary/aromatic N) is 3. The van der Waals surface area contributed by atoms with Crippen LogP contribution in [-0.4, -0.2) is 36.4 Å². The molecule has 0 aliphatic carbocycles. The van der Waals surface area contributed by atoms with E-state index in [0.29, 0.717) is 25.0 Å². The van der Waals surface area contributed by atoms with Crippen molar-refractivity contribution in [2.24, 2.45) is 0 Å². The summed E-state index contributed by atoms with van der Waals surface area (Å²) < 4.78 is 63.4. The van der Waals surface area contributed by atoms with E-state index in [1.165, 1.54) is 18.2 Å². The highest BCUT2D eigenvalue weighted by Crippen LogP contribution is 2.22. The van der Waals surface area contributed by atoms with E-state index in [-0.39, 0.29) is 10.6 Å². The van der Waals surface area contributed by atoms with E-state index in [9.17, 15) is 17.2 Å². The lowest BCUT2D eigenvalue weighted by Gasteiger charge is -2.15. The molecule has 144 valence electrons. The van der Waals surface area contributed by atoms with E-state index in [4.69, 9.17) is 4.74 Å². The molecule has 0 aliphatic rings. The molecule has 1 atom stereocenters. The summed E-state index contributed by atoms with van der Waals surface area (Å²) in [5, 5.41) is 7.88. The smallest absolute Gasteiger partial charge is 0.387 e. The number of rotatable bonds is 9. The Morgan fingerprint density at radius 1 is 1.27 bits per heavy atom. The third-order valence-corrected chi connectivity index (χ3v) is 4.93. The van der Waals surface area contributed by atoms with E-state index in [1.54, 1.807) is 18.4 Å². The number of alkyl halides is 2. The lowest BCUT2D eigenvalue weighted by Crippen LogP contribution is -2.29. The molecule has 1 aromatic heterocycles. The first-order valence-corrected chi connectivity index (χ1v) is 9.39. The monoisotopic (exact) mass is 390 g/mol. The number of nitrogens with one attached hydrogen (secondary N) is 1. The Labute approximate surface area is 150 Å². The fourth-order valence-electron chi connectivity index (χ4n) is 2.32. The van der Waals surface area contributed by atoms with Crippen molar-refractivity contribution >= 4 is 10.0 Å². The minimum atomic E-state index is -3.99. The average Bonchev–Trinajstić information content (AvgIpc) is 2.97. The van der Waals surface area contributed by atoms with Gasteiger partial charge in [-0.1, -0.05) is 11.2 Å². The van der Waals surface area contributed by atoms with E-state index < -0.39 is 22.7 Å². The van der Waals surface area contributed by atoms with Crippen LogP contribution in [0.15, 0.2) is 29.2 Å². The Bertz CT molecular complexity index is 842. The first-order valence-electron chi connectivity index (χ1n) is 7.91. The summed E-state index contributed by atoms with van der Waals surface area (Å²) >= 11 is 0. The van der Waals surface area contributed by atoms with Crippen LogP contribution < -0.4 is 14.2 Å². The molecular weight excluding hydrogens is 370 g/mol. The van der Waals surface area contributed by atoms with Crippen molar-refractivity contribution in [3.8, 4) is 11.8 Å². The highest BCUT2D eigenvalue weighted by atomic mass is 32.2. The van der Waals surface area contributed by atoms with Crippen LogP contribution in [0.3, 0.4) is 0 Å². The number of ether oxygens (including phenoxy) is 2. The summed E-state index contributed by atoms with van der Waals surface area (Å²) in [6.07, 6.45) is 0. The number of hydrogen-bond donors (Lipinski definition) is 1. The van der Waals surface area contributed by atoms with Crippen LogP contribution in [0.4, 0.5) is 8.78 Å². The third-order valence-electron chi connectivity index (χ3n) is 3.40. The second-order valence-electron chi connectivity index (χ2n) is 5.21. The van der Waals surface area contributed by atoms with E-state index >= 15 is 0 Å². The van der Waals surface area contributed by atoms with Gasteiger partial charge in [-0.25, -0.2) is 13.1 Å². The Kier molecular flexibility index (Phi) is 6.48. The van der Waals surface area contributed by atoms with Gasteiger partial charge in [0.05, 0.1) is 17.5 Å². The zero-order valence-electron chi connectivity index (χ0n) is 14.5. The first kappa shape index (κ1) is 20.0. The number of benzene rings is 1. The fraction of sp³-hybridized carbons (Fsp3) is 0.467. The van der Waals surface area contributed by atoms with Crippen molar-refractivity contribution in [3.05, 3.63) is 30.1 Å². The van der Waals surface area contributed by atoms with Gasteiger partial charge in [-0.15, -0.1) is 5.10 Å². The van der Waals surface area contributed by atoms with Gasteiger partial charge >= 0.3 is 12.6 Å². The molecule has 0 spiro atoms. The zero-order valence-corrected chi connectivity index (χ0v) is 15.3. The Morgan fingerprint density at radius 2 is 2.00 bits per heavy atom. The van der Waals surface area contributed by atoms with E-state index in [0.717, 1.165) is 6.07 Å². The average molecular weight is 390 g/mol. The van der Waals surface area contributed by atoms with E-state index in [2.05, 4.69) is 19.7 Å². The molecule has 1 heterocycles. The summed E-state index contributed by atoms with van der Waals surface area (Å²) in [5.41, 5.74) is 0. The van der Waals surface area contributed by atoms with Gasteiger partial charge < -0.3 is 9.47 Å². The first-order chi connectivity index (χ1) is 12.3. The molecular formula is C15H20F2N4O4S. The van der Waals surface area contributed by atoms with Crippen LogP contribution in [0.25, 0.3) is 0 Å². The van der Waals surface area contributed by atoms with Gasteiger partial charge in [0.2, 0.25) is 10.0 Å². The van der Waals surface area contributed by atoms with Crippen molar-refractivity contribution in [2.75, 3.05) is 6.61 Å². The van der Waals surface area contributed by atoms with Crippen LogP contribution in [0.1, 0.15) is 32.6 Å². The van der Waals surface area contributed by atoms with Gasteiger partial charge in [0.25, 0.3) is 0 Å². The second-order valence-corrected chi connectivity index (χ2v) is 6.93. The van der Waals surface area contributed by atoms with Gasteiger partial charge in [0, 0.05) is 12.6 Å². The standard InChI is InChI=1S/C15H20F2N4O4S/c1-4-21-13(18-19-15(21)24-5-2)10(3)20-26(22,23)12-8-6-7-11(9-12)25-14(16)17/h6-10,14,20H,4-5H2,1-3H3/t10-/m1/s1. The zero-order chi connectivity index (χ0) is 19.3. The molecule has 8 nitrogen and oxygen atoms in total. The molecule has 0 fully saturated rings. The predicted molar refractivity (Wildman–Crippen MR) is 88.7 cm³/mol. The molecule has 0 unspecified atom stereocenters. The number of aromatic nitrogens is 3. The number of halogens is 2. The molecule has 11 heteroatoms. The van der Waals surface area contributed by atoms with E-state index in [1.807, 2.05) is 6.92 Å². The number of sulfonamides is 1. The summed E-state index contributed by atoms with van der Waals surface area (Å²) in [6.45, 7) is 3.09. The maximum Gasteiger partial charge on any atom is 0.387 e. The van der Waals surface area contributed by atoms with Gasteiger partial charge in [-0.05, 0) is 32.9 Å². The van der Waals surface area contributed by atoms with Crippen molar-refractivity contribution < 1.29 is 26.7 Å². The van der Waals surface area contributed by atoms with Crippen LogP contribution in [0.5, 0.6) is 11.8 Å². The Balaban J connectivity index is 2.24. The van der Waals surface area contributed by atoms with Crippen LogP contribution >= 0.6 is 0 Å². The highest BCUT2D eigenvalue weighted by molar-refractivity contribution is 7.89. The van der Waals surface area contributed by atoms with Crippen LogP contribution in [0.2, 0.25) is 0 Å². The summed E-state index contributed by atoms with van der Waals surface area (Å²) in [7, 11) is -3.99. The lowest BCUT2D eigenvalue weighted by atomic mass is 10.3. The maximum absolute atomic E-state index is 12.5. The van der Waals surface area contributed by atoms with Crippen molar-refractivity contribution in [1.82, 2.24) is 19.5 Å². The molecule has 26 heavy (non-hydrogen) atoms. The molecule has 0 amide bonds. The summed E-state index contributed by atoms with van der Waals surface area (Å²) in [5.74, 6) is 0.130. The maximum atomic E-state index is 12.5. The normalized spacial score (nSPS) is 13.0. The molecule has 0 aliphatic heterocycles. The largest absolute Gasteiger partial charge is 0.464 e. The van der Waals surface area contributed by atoms with Crippen molar-refractivity contribution in [1.29, 1.82) is 0 Å². The second kappa shape index (κ2) is 8.41. The Hall–Kier alpha value is -2.27. The molecule has 0 saturated heterocycles. The third kappa shape index (κ3) is 4.67. The van der Waals surface area contributed by atoms with Gasteiger partial charge in [0.15, 0.2) is 5.82 Å². The fourth-order valence-corrected chi connectivity index (χ4v) is 3.56. The molecule has 2 aromatic rings. The molecule has 0 radical (unpaired) electrons. The topological polar surface area (TPSA) is 95.3 Å². The SMILES string of the molecule is CCOc1nnc([C@@H](C)NS(=O)(=O)c2cccc(OC(F)F)c2)n1CC. The molecule has 0 saturated carbocycles. The van der Waals surface area contributed by atoms with Crippen LogP contribution in [0, 0.1) is 0 Å². The highest BCUT2D eigenvalue weighted by Gasteiger charge is 2.24. The minimum absolute atomic E-state index is 0.199. The molecule has 0 bridgehead atoms.